The molecule has 28 nitrogen and oxygen atoms in total. The maximum absolute atomic E-state index is 12.8. The van der Waals surface area contributed by atoms with E-state index in [4.69, 9.17) is 63.3 Å². The van der Waals surface area contributed by atoms with E-state index in [0.717, 1.165) is 73.3 Å². The van der Waals surface area contributed by atoms with Crippen molar-refractivity contribution in [2.45, 2.75) is 166 Å². The number of hydrogen-bond acceptors (Lipinski definition) is 22. The molecule has 4 aromatic heterocycles. The second-order valence-corrected chi connectivity index (χ2v) is 30.8. The number of likely N-dealkylation sites (tertiary alicyclic amines) is 2. The zero-order chi connectivity index (χ0) is 76.8. The Balaban J connectivity index is 0.000000216. The monoisotopic (exact) mass is 1590 g/mol. The first-order chi connectivity index (χ1) is 50.8. The fraction of sp³-hybridized carbons (Fsp3) is 0.418. The lowest BCUT2D eigenvalue weighted by atomic mass is 9.97. The third kappa shape index (κ3) is 22.7. The number of benzene rings is 6. The third-order valence-corrected chi connectivity index (χ3v) is 17.4. The molecule has 6 aromatic carbocycles. The van der Waals surface area contributed by atoms with Gasteiger partial charge in [-0.05, 0) is 227 Å². The summed E-state index contributed by atoms with van der Waals surface area (Å²) in [5.41, 5.74) is 8.88. The predicted molar refractivity (Wildman–Crippen MR) is 416 cm³/mol. The van der Waals surface area contributed by atoms with E-state index < -0.39 is 22.0 Å². The van der Waals surface area contributed by atoms with Gasteiger partial charge in [-0.1, -0.05) is 54.3 Å². The second-order valence-electron chi connectivity index (χ2n) is 29.8. The van der Waals surface area contributed by atoms with Crippen molar-refractivity contribution in [3.8, 4) is 46.0 Å². The fourth-order valence-electron chi connectivity index (χ4n) is 11.0. The van der Waals surface area contributed by atoms with Gasteiger partial charge in [0.05, 0.1) is 83.7 Å². The standard InChI is InChI=1S/C39H47N7O7.C30H30IN5O5.C9H18N2O2.CH4/c1-38(2,3)36(47)51-25-46-28(21-40-43-46)24-50-30-15-17-31(18-16-30)52-33-10-8-9-32-34(33)35(42-45(32)22-26-11-13-29(49-7)14-12-26)41-27-19-20-44(23-27)37(48)53-39(4,5)6;1-30(2,3)29(37)40-19-36-21(16-32-34-36)18-39-23-12-14-24(15-13-23)41-26-7-5-6-25-27(26)28(31)33-35(25)17-20-8-10-22(38-4)11-9-20;1-9(2,3)13-8(12)11-5-4-7(10)6-11;/h8-18,21,27H,19-20,22-25H2,1-7H3,(H,41,42);5-16H,17-19H2,1-4H3;7H,4-6,10H2,1-3H3;1H4/t27-;;7-;/m1.1./s1. The van der Waals surface area contributed by atoms with Crippen molar-refractivity contribution < 1.29 is 66.5 Å². The molecule has 29 heteroatoms. The summed E-state index contributed by atoms with van der Waals surface area (Å²) in [5, 5.41) is 31.0. The van der Waals surface area contributed by atoms with Crippen molar-refractivity contribution >= 4 is 74.3 Å². The molecular formula is C79H99IN14O14. The molecule has 0 unspecified atom stereocenters. The summed E-state index contributed by atoms with van der Waals surface area (Å²) < 4.78 is 64.6. The number of halogens is 1. The number of carbonyl (C=O) groups excluding carboxylic acids is 4. The number of esters is 2. The van der Waals surface area contributed by atoms with Crippen molar-refractivity contribution in [2.24, 2.45) is 16.6 Å². The molecule has 0 saturated carbocycles. The number of nitrogens with one attached hydrogen (secondary N) is 1. The number of fused-ring (bicyclic) bond motifs is 2. The van der Waals surface area contributed by atoms with Crippen LogP contribution in [-0.4, -0.2) is 147 Å². The van der Waals surface area contributed by atoms with Crippen LogP contribution in [0.3, 0.4) is 0 Å². The number of nitrogens with zero attached hydrogens (tertiary/aromatic N) is 12. The number of ether oxygens (including phenoxy) is 10. The molecule has 2 fully saturated rings. The van der Waals surface area contributed by atoms with E-state index in [1.54, 1.807) is 78.0 Å². The Bertz CT molecular complexity index is 4630. The van der Waals surface area contributed by atoms with Crippen molar-refractivity contribution in [3.63, 3.8) is 0 Å². The number of aromatic nitrogens is 10. The zero-order valence-corrected chi connectivity index (χ0v) is 65.2. The van der Waals surface area contributed by atoms with Gasteiger partial charge < -0.3 is 68.2 Å². The Kier molecular flexibility index (Phi) is 27.0. The van der Waals surface area contributed by atoms with Crippen LogP contribution >= 0.6 is 22.6 Å². The van der Waals surface area contributed by atoms with Gasteiger partial charge in [0.15, 0.2) is 19.3 Å². The molecule has 2 aliphatic rings. The SMILES string of the molecule is C.CC(C)(C)OC(=O)N1CC[C@@H](N)C1.COc1ccc(Cn2nc(I)c3c(Oc4ccc(OCc5cnnn5COC(=O)C(C)(C)C)cc4)cccc32)cc1.COc1ccc(Cn2nc(N[C@@H]3CCN(C(=O)OC(C)(C)C)C3)c3c(Oc4ccc(OCc5cnnn5COC(=O)C(C)(C)C)cc4)cccc32)cc1. The van der Waals surface area contributed by atoms with E-state index in [-0.39, 0.29) is 70.3 Å². The molecule has 12 rings (SSSR count). The Morgan fingerprint density at radius 3 is 1.34 bits per heavy atom. The van der Waals surface area contributed by atoms with Crippen molar-refractivity contribution in [1.82, 2.24) is 59.3 Å². The molecule has 2 atom stereocenters. The second kappa shape index (κ2) is 35.8. The quantitative estimate of drug-likeness (QED) is 0.0362. The molecule has 6 heterocycles. The Morgan fingerprint density at radius 1 is 0.509 bits per heavy atom. The lowest BCUT2D eigenvalue weighted by molar-refractivity contribution is -0.158. The molecule has 0 spiro atoms. The average Bonchev–Trinajstić information content (AvgIpc) is 1.62. The first-order valence-corrected chi connectivity index (χ1v) is 36.2. The van der Waals surface area contributed by atoms with Gasteiger partial charge in [-0.25, -0.2) is 19.0 Å². The van der Waals surface area contributed by atoms with Crippen LogP contribution in [0.1, 0.15) is 126 Å². The maximum atomic E-state index is 12.8. The molecule has 0 radical (unpaired) electrons. The van der Waals surface area contributed by atoms with Gasteiger partial charge in [-0.2, -0.15) is 10.2 Å². The van der Waals surface area contributed by atoms with Crippen LogP contribution < -0.4 is 39.5 Å². The first kappa shape index (κ1) is 81.4. The average molecular weight is 1600 g/mol. The highest BCUT2D eigenvalue weighted by Gasteiger charge is 2.33. The number of nitrogens with two attached hydrogens (primary N) is 1. The van der Waals surface area contributed by atoms with E-state index in [9.17, 15) is 19.2 Å². The molecule has 0 aliphatic carbocycles. The van der Waals surface area contributed by atoms with Crippen LogP contribution in [0.2, 0.25) is 0 Å². The molecule has 0 bridgehead atoms. The number of methoxy groups -OCH3 is 2. The lowest BCUT2D eigenvalue weighted by Gasteiger charge is -2.24. The first-order valence-electron chi connectivity index (χ1n) is 35.1. The summed E-state index contributed by atoms with van der Waals surface area (Å²) in [6.45, 7) is 25.8. The molecule has 2 saturated heterocycles. The van der Waals surface area contributed by atoms with Gasteiger partial charge in [0.25, 0.3) is 0 Å². The molecular weight excluding hydrogens is 1500 g/mol. The highest BCUT2D eigenvalue weighted by Crippen LogP contribution is 2.38. The number of hydrogen-bond donors (Lipinski definition) is 2. The van der Waals surface area contributed by atoms with Gasteiger partial charge in [0.2, 0.25) is 0 Å². The normalized spacial score (nSPS) is 14.3. The lowest BCUT2D eigenvalue weighted by Crippen LogP contribution is -2.36. The van der Waals surface area contributed by atoms with E-state index >= 15 is 0 Å². The van der Waals surface area contributed by atoms with Gasteiger partial charge in [0.1, 0.15) is 74.1 Å². The largest absolute Gasteiger partial charge is 0.497 e. The Morgan fingerprint density at radius 2 is 0.917 bits per heavy atom. The van der Waals surface area contributed by atoms with Crippen molar-refractivity contribution in [3.05, 3.63) is 172 Å². The number of anilines is 1. The summed E-state index contributed by atoms with van der Waals surface area (Å²) in [5.74, 6) is 5.52. The van der Waals surface area contributed by atoms with Gasteiger partial charge in [0, 0.05) is 38.3 Å². The van der Waals surface area contributed by atoms with E-state index in [2.05, 4.69) is 48.5 Å². The number of rotatable bonds is 22. The van der Waals surface area contributed by atoms with Crippen LogP contribution in [0.5, 0.6) is 46.0 Å². The minimum Gasteiger partial charge on any atom is -0.497 e. The van der Waals surface area contributed by atoms with Gasteiger partial charge in [-0.15, -0.1) is 10.2 Å². The van der Waals surface area contributed by atoms with E-state index in [1.165, 1.54) is 9.36 Å². The van der Waals surface area contributed by atoms with Crippen LogP contribution in [0.15, 0.2) is 146 Å². The predicted octanol–water partition coefficient (Wildman–Crippen LogP) is 14.8. The molecule has 2 aliphatic heterocycles. The summed E-state index contributed by atoms with van der Waals surface area (Å²) >= 11 is 2.25. The van der Waals surface area contributed by atoms with Gasteiger partial charge >= 0.3 is 24.1 Å². The molecule has 10 aromatic rings. The number of amides is 2. The Hall–Kier alpha value is -10.7. The number of carbonyl (C=O) groups is 4. The highest BCUT2D eigenvalue weighted by molar-refractivity contribution is 14.1. The molecule has 3 N–H and O–H groups in total. The molecule has 2 amide bonds. The molecule has 108 heavy (non-hydrogen) atoms. The van der Waals surface area contributed by atoms with Crippen molar-refractivity contribution in [2.75, 3.05) is 45.7 Å². The van der Waals surface area contributed by atoms with Crippen molar-refractivity contribution in [1.29, 1.82) is 0 Å². The summed E-state index contributed by atoms with van der Waals surface area (Å²) in [4.78, 5) is 51.9. The van der Waals surface area contributed by atoms with Gasteiger partial charge in [-0.3, -0.25) is 19.0 Å². The summed E-state index contributed by atoms with van der Waals surface area (Å²) in [6, 6.07) is 42.5. The fourth-order valence-corrected chi connectivity index (χ4v) is 11.8. The third-order valence-electron chi connectivity index (χ3n) is 16.6. The zero-order valence-electron chi connectivity index (χ0n) is 63.0. The topological polar surface area (TPSA) is 302 Å². The van der Waals surface area contributed by atoms with Crippen LogP contribution in [-0.2, 0) is 68.3 Å². The van der Waals surface area contributed by atoms with E-state index in [1.807, 2.05) is 184 Å². The van der Waals surface area contributed by atoms with Crippen LogP contribution in [0, 0.1) is 14.5 Å². The van der Waals surface area contributed by atoms with Crippen LogP contribution in [0.25, 0.3) is 21.8 Å². The maximum Gasteiger partial charge on any atom is 0.410 e. The summed E-state index contributed by atoms with van der Waals surface area (Å²) in [7, 11) is 3.31. The van der Waals surface area contributed by atoms with Crippen LogP contribution in [0.4, 0.5) is 15.4 Å². The smallest absolute Gasteiger partial charge is 0.410 e. The Labute approximate surface area is 643 Å². The highest BCUT2D eigenvalue weighted by atomic mass is 127. The summed E-state index contributed by atoms with van der Waals surface area (Å²) in [6.07, 6.45) is 4.20. The van der Waals surface area contributed by atoms with E-state index in [0.29, 0.717) is 78.7 Å². The minimum absolute atomic E-state index is 0. The molecule has 576 valence electrons. The minimum atomic E-state index is -0.621.